The van der Waals surface area contributed by atoms with E-state index in [1.54, 1.807) is 0 Å². The minimum Gasteiger partial charge on any atom is -0.373 e. The highest BCUT2D eigenvalue weighted by Crippen LogP contribution is 2.38. The zero-order valence-corrected chi connectivity index (χ0v) is 13.1. The van der Waals surface area contributed by atoms with Crippen LogP contribution >= 0.6 is 0 Å². The molecule has 1 N–H and O–H groups in total. The number of alkyl halides is 3. The number of hydrogen-bond acceptors (Lipinski definition) is 2. The van der Waals surface area contributed by atoms with Gasteiger partial charge in [0.2, 0.25) is 0 Å². The normalized spacial score (nSPS) is 30.9. The molecule has 2 aliphatic carbocycles. The van der Waals surface area contributed by atoms with Crippen molar-refractivity contribution < 1.29 is 17.9 Å². The fourth-order valence-electron chi connectivity index (χ4n) is 3.21. The fourth-order valence-corrected chi connectivity index (χ4v) is 3.21. The molecule has 2 nitrogen and oxygen atoms in total. The molecule has 0 radical (unpaired) electrons. The summed E-state index contributed by atoms with van der Waals surface area (Å²) in [6.45, 7) is 4.96. The van der Waals surface area contributed by atoms with Gasteiger partial charge in [0.15, 0.2) is 0 Å². The Labute approximate surface area is 125 Å². The van der Waals surface area contributed by atoms with Crippen LogP contribution in [0, 0.1) is 11.8 Å². The summed E-state index contributed by atoms with van der Waals surface area (Å²) in [6.07, 6.45) is 1.31. The van der Waals surface area contributed by atoms with E-state index in [4.69, 9.17) is 4.74 Å². The van der Waals surface area contributed by atoms with E-state index in [1.807, 2.05) is 0 Å². The highest BCUT2D eigenvalue weighted by molar-refractivity contribution is 4.93. The van der Waals surface area contributed by atoms with Crippen molar-refractivity contribution in [1.82, 2.24) is 5.32 Å². The average Bonchev–Trinajstić information content (AvgIpc) is 3.19. The standard InChI is InChI=1S/C16H28F3NO/c1-12(2)13-5-7-15(8-6-13,11-20-14-3-4-14)21-10-9-16(17,18)19/h12-14,20H,3-11H2,1-2H3. The summed E-state index contributed by atoms with van der Waals surface area (Å²) in [4.78, 5) is 0. The summed E-state index contributed by atoms with van der Waals surface area (Å²) >= 11 is 0. The molecule has 0 atom stereocenters. The Balaban J connectivity index is 1.85. The topological polar surface area (TPSA) is 21.3 Å². The van der Waals surface area contributed by atoms with Gasteiger partial charge in [0.25, 0.3) is 0 Å². The quantitative estimate of drug-likeness (QED) is 0.757. The maximum absolute atomic E-state index is 12.3. The number of hydrogen-bond donors (Lipinski definition) is 1. The second-order valence-corrected chi connectivity index (χ2v) is 7.13. The van der Waals surface area contributed by atoms with Crippen molar-refractivity contribution in [3.05, 3.63) is 0 Å². The van der Waals surface area contributed by atoms with Crippen LogP contribution in [0.3, 0.4) is 0 Å². The summed E-state index contributed by atoms with van der Waals surface area (Å²) in [6, 6.07) is 0.566. The minimum atomic E-state index is -4.12. The van der Waals surface area contributed by atoms with Crippen LogP contribution < -0.4 is 5.32 Å². The van der Waals surface area contributed by atoms with Crippen molar-refractivity contribution in [1.29, 1.82) is 0 Å². The zero-order valence-electron chi connectivity index (χ0n) is 13.1. The molecule has 2 saturated carbocycles. The number of rotatable bonds is 7. The number of halogens is 3. The van der Waals surface area contributed by atoms with E-state index in [-0.39, 0.29) is 12.2 Å². The van der Waals surface area contributed by atoms with Gasteiger partial charge < -0.3 is 10.1 Å². The zero-order chi connectivity index (χ0) is 15.5. The predicted octanol–water partition coefficient (Wildman–Crippen LogP) is 4.29. The molecule has 21 heavy (non-hydrogen) atoms. The molecule has 0 aliphatic heterocycles. The lowest BCUT2D eigenvalue weighted by Crippen LogP contribution is -2.47. The summed E-state index contributed by atoms with van der Waals surface area (Å²) in [7, 11) is 0. The Morgan fingerprint density at radius 2 is 1.76 bits per heavy atom. The Morgan fingerprint density at radius 3 is 2.24 bits per heavy atom. The molecule has 0 bridgehead atoms. The molecule has 2 rings (SSSR count). The lowest BCUT2D eigenvalue weighted by molar-refractivity contribution is -0.163. The van der Waals surface area contributed by atoms with E-state index in [0.29, 0.717) is 24.4 Å². The van der Waals surface area contributed by atoms with Crippen molar-refractivity contribution in [2.45, 2.75) is 76.6 Å². The van der Waals surface area contributed by atoms with Crippen LogP contribution in [0.2, 0.25) is 0 Å². The maximum atomic E-state index is 12.3. The van der Waals surface area contributed by atoms with Crippen LogP contribution in [0.15, 0.2) is 0 Å². The molecule has 0 aromatic carbocycles. The van der Waals surface area contributed by atoms with Crippen molar-refractivity contribution >= 4 is 0 Å². The largest absolute Gasteiger partial charge is 0.391 e. The van der Waals surface area contributed by atoms with Gasteiger partial charge in [-0.15, -0.1) is 0 Å². The molecule has 0 aromatic heterocycles. The van der Waals surface area contributed by atoms with Gasteiger partial charge in [-0.2, -0.15) is 13.2 Å². The Bertz CT molecular complexity index is 318. The van der Waals surface area contributed by atoms with Gasteiger partial charge in [-0.1, -0.05) is 13.8 Å². The number of ether oxygens (including phenoxy) is 1. The third-order valence-electron chi connectivity index (χ3n) is 4.97. The first kappa shape index (κ1) is 17.1. The molecule has 0 unspecified atom stereocenters. The summed E-state index contributed by atoms with van der Waals surface area (Å²) in [5.74, 6) is 1.33. The van der Waals surface area contributed by atoms with E-state index in [2.05, 4.69) is 19.2 Å². The van der Waals surface area contributed by atoms with Gasteiger partial charge in [-0.25, -0.2) is 0 Å². The van der Waals surface area contributed by atoms with Gasteiger partial charge >= 0.3 is 6.18 Å². The van der Waals surface area contributed by atoms with E-state index in [0.717, 1.165) is 25.7 Å². The molecule has 124 valence electrons. The smallest absolute Gasteiger partial charge is 0.373 e. The minimum absolute atomic E-state index is 0.206. The molecule has 5 heteroatoms. The maximum Gasteiger partial charge on any atom is 0.391 e. The predicted molar refractivity (Wildman–Crippen MR) is 77.2 cm³/mol. The Kier molecular flexibility index (Phi) is 5.58. The highest BCUT2D eigenvalue weighted by Gasteiger charge is 2.39. The molecule has 2 aliphatic rings. The van der Waals surface area contributed by atoms with Crippen molar-refractivity contribution in [2.75, 3.05) is 13.2 Å². The Hall–Kier alpha value is -0.290. The second-order valence-electron chi connectivity index (χ2n) is 7.13. The van der Waals surface area contributed by atoms with E-state index >= 15 is 0 Å². The molecule has 0 saturated heterocycles. The molecular formula is C16H28F3NO. The van der Waals surface area contributed by atoms with Gasteiger partial charge in [-0.05, 0) is 50.4 Å². The first-order chi connectivity index (χ1) is 9.80. The molecular weight excluding hydrogens is 279 g/mol. The lowest BCUT2D eigenvalue weighted by Gasteiger charge is -2.41. The van der Waals surface area contributed by atoms with Crippen LogP contribution in [0.5, 0.6) is 0 Å². The van der Waals surface area contributed by atoms with Crippen LogP contribution in [0.25, 0.3) is 0 Å². The molecule has 0 amide bonds. The second kappa shape index (κ2) is 6.86. The van der Waals surface area contributed by atoms with Crippen molar-refractivity contribution in [2.24, 2.45) is 11.8 Å². The first-order valence-electron chi connectivity index (χ1n) is 8.24. The van der Waals surface area contributed by atoms with E-state index < -0.39 is 12.6 Å². The highest BCUT2D eigenvalue weighted by atomic mass is 19.4. The van der Waals surface area contributed by atoms with Gasteiger partial charge in [0, 0.05) is 12.6 Å². The van der Waals surface area contributed by atoms with Gasteiger partial charge in [0.05, 0.1) is 18.6 Å². The van der Waals surface area contributed by atoms with E-state index in [1.165, 1.54) is 12.8 Å². The monoisotopic (exact) mass is 307 g/mol. The average molecular weight is 307 g/mol. The summed E-state index contributed by atoms with van der Waals surface area (Å²) in [5.41, 5.74) is -0.376. The molecule has 2 fully saturated rings. The van der Waals surface area contributed by atoms with E-state index in [9.17, 15) is 13.2 Å². The first-order valence-corrected chi connectivity index (χ1v) is 8.24. The fraction of sp³-hybridized carbons (Fsp3) is 1.00. The third kappa shape index (κ3) is 5.78. The van der Waals surface area contributed by atoms with Crippen molar-refractivity contribution in [3.63, 3.8) is 0 Å². The third-order valence-corrected chi connectivity index (χ3v) is 4.97. The SMILES string of the molecule is CC(C)C1CCC(CNC2CC2)(OCCC(F)(F)F)CC1. The number of nitrogens with one attached hydrogen (secondary N) is 1. The van der Waals surface area contributed by atoms with Gasteiger partial charge in [0.1, 0.15) is 0 Å². The van der Waals surface area contributed by atoms with Crippen LogP contribution in [0.4, 0.5) is 13.2 Å². The summed E-state index contributed by atoms with van der Waals surface area (Å²) in [5, 5.41) is 3.45. The van der Waals surface area contributed by atoms with Crippen LogP contribution in [0.1, 0.15) is 58.8 Å². The van der Waals surface area contributed by atoms with Gasteiger partial charge in [-0.3, -0.25) is 0 Å². The van der Waals surface area contributed by atoms with Crippen LogP contribution in [-0.2, 0) is 4.74 Å². The molecule has 0 spiro atoms. The summed E-state index contributed by atoms with van der Waals surface area (Å²) < 4.78 is 42.8. The van der Waals surface area contributed by atoms with Crippen molar-refractivity contribution in [3.8, 4) is 0 Å². The molecule has 0 heterocycles. The Morgan fingerprint density at radius 1 is 1.14 bits per heavy atom. The lowest BCUT2D eigenvalue weighted by atomic mass is 9.74. The molecule has 0 aromatic rings. The van der Waals surface area contributed by atoms with Crippen LogP contribution in [-0.4, -0.2) is 31.0 Å².